The van der Waals surface area contributed by atoms with Gasteiger partial charge in [-0.05, 0) is 18.6 Å². The van der Waals surface area contributed by atoms with Crippen LogP contribution in [0.15, 0.2) is 0 Å². The molecule has 14 heavy (non-hydrogen) atoms. The maximum absolute atomic E-state index is 4.21. The Morgan fingerprint density at radius 1 is 0.857 bits per heavy atom. The molecule has 0 aromatic heterocycles. The highest BCUT2D eigenvalue weighted by atomic mass is 79.9. The van der Waals surface area contributed by atoms with Crippen LogP contribution in [0.2, 0.25) is 0 Å². The molecule has 0 aliphatic carbocycles. The van der Waals surface area contributed by atoms with Crippen LogP contribution in [0.4, 0.5) is 0 Å². The van der Waals surface area contributed by atoms with E-state index in [4.69, 9.17) is 0 Å². The summed E-state index contributed by atoms with van der Waals surface area (Å²) in [6.45, 7) is 2.23. The molecule has 2 heteroatoms. The summed E-state index contributed by atoms with van der Waals surface area (Å²) in [6.07, 6.45) is 12.5. The van der Waals surface area contributed by atoms with Gasteiger partial charge in [-0.15, -0.1) is 0 Å². The molecule has 0 radical (unpaired) electrons. The first-order chi connectivity index (χ1) is 6.77. The minimum Gasteiger partial charge on any atom is -0.179 e. The first-order valence-electron chi connectivity index (χ1n) is 6.02. The first-order valence-corrected chi connectivity index (χ1v) is 7.57. The fourth-order valence-electron chi connectivity index (χ4n) is 1.60. The van der Waals surface area contributed by atoms with E-state index in [-0.39, 0.29) is 0 Å². The van der Waals surface area contributed by atoms with Gasteiger partial charge in [-0.1, -0.05) is 67.8 Å². The summed E-state index contributed by atoms with van der Waals surface area (Å²) in [7, 11) is 0. The largest absolute Gasteiger partial charge is 0.179 e. The predicted octanol–water partition coefficient (Wildman–Crippen LogP) is 5.21. The Morgan fingerprint density at radius 3 is 1.71 bits per heavy atom. The van der Waals surface area contributed by atoms with Crippen LogP contribution in [-0.4, -0.2) is 10.6 Å². The van der Waals surface area contributed by atoms with Crippen LogP contribution in [0, 0.1) is 0 Å². The summed E-state index contributed by atoms with van der Waals surface area (Å²) < 4.78 is 0. The van der Waals surface area contributed by atoms with Gasteiger partial charge in [0.1, 0.15) is 0 Å². The molecule has 0 aromatic rings. The van der Waals surface area contributed by atoms with Gasteiger partial charge in [-0.25, -0.2) is 0 Å². The van der Waals surface area contributed by atoms with E-state index < -0.39 is 0 Å². The standard InChI is InChI=1S/C12H25BrS/c1-12(13)10-8-6-4-2-3-5-7-9-11-14/h12,14H,2-11H2,1H3. The quantitative estimate of drug-likeness (QED) is 0.317. The van der Waals surface area contributed by atoms with Crippen molar-refractivity contribution in [1.82, 2.24) is 0 Å². The lowest BCUT2D eigenvalue weighted by molar-refractivity contribution is 0.566. The van der Waals surface area contributed by atoms with E-state index in [0.717, 1.165) is 5.75 Å². The average Bonchev–Trinajstić information content (AvgIpc) is 2.15. The van der Waals surface area contributed by atoms with Crippen molar-refractivity contribution >= 4 is 28.6 Å². The second kappa shape index (κ2) is 11.9. The minimum atomic E-state index is 0.706. The molecule has 1 unspecified atom stereocenters. The molecule has 86 valence electrons. The summed E-state index contributed by atoms with van der Waals surface area (Å²) in [5.41, 5.74) is 0. The molecule has 0 aliphatic heterocycles. The van der Waals surface area contributed by atoms with Gasteiger partial charge in [0.2, 0.25) is 0 Å². The molecule has 0 nitrogen and oxygen atoms in total. The maximum atomic E-state index is 4.21. The number of rotatable bonds is 10. The fraction of sp³-hybridized carbons (Fsp3) is 1.00. The lowest BCUT2D eigenvalue weighted by atomic mass is 10.1. The minimum absolute atomic E-state index is 0.706. The topological polar surface area (TPSA) is 0 Å². The van der Waals surface area contributed by atoms with Crippen molar-refractivity contribution in [3.8, 4) is 0 Å². The van der Waals surface area contributed by atoms with Crippen LogP contribution >= 0.6 is 28.6 Å². The number of unbranched alkanes of at least 4 members (excludes halogenated alkanes) is 7. The lowest BCUT2D eigenvalue weighted by Crippen LogP contribution is -1.89. The summed E-state index contributed by atoms with van der Waals surface area (Å²) in [5, 5.41) is 0. The number of alkyl halides is 1. The molecule has 0 bridgehead atoms. The Bertz CT molecular complexity index is 104. The normalized spacial score (nSPS) is 13.1. The molecule has 0 aromatic carbocycles. The maximum Gasteiger partial charge on any atom is 0.0117 e. The summed E-state index contributed by atoms with van der Waals surface area (Å²) >= 11 is 7.78. The summed E-state index contributed by atoms with van der Waals surface area (Å²) in [6, 6.07) is 0. The third kappa shape index (κ3) is 12.8. The molecule has 0 fully saturated rings. The number of hydrogen-bond donors (Lipinski definition) is 1. The fourth-order valence-corrected chi connectivity index (χ4v) is 2.15. The van der Waals surface area contributed by atoms with Crippen LogP contribution in [0.3, 0.4) is 0 Å². The highest BCUT2D eigenvalue weighted by molar-refractivity contribution is 9.09. The Hall–Kier alpha value is 0.830. The van der Waals surface area contributed by atoms with Crippen molar-refractivity contribution in [2.75, 3.05) is 5.75 Å². The van der Waals surface area contributed by atoms with E-state index in [2.05, 4.69) is 35.5 Å². The van der Waals surface area contributed by atoms with E-state index in [0.29, 0.717) is 4.83 Å². The van der Waals surface area contributed by atoms with Crippen molar-refractivity contribution in [3.63, 3.8) is 0 Å². The average molecular weight is 281 g/mol. The van der Waals surface area contributed by atoms with Gasteiger partial charge in [0.25, 0.3) is 0 Å². The van der Waals surface area contributed by atoms with Gasteiger partial charge >= 0.3 is 0 Å². The Balaban J connectivity index is 2.85. The molecule has 0 aliphatic rings. The van der Waals surface area contributed by atoms with Crippen molar-refractivity contribution in [3.05, 3.63) is 0 Å². The van der Waals surface area contributed by atoms with E-state index in [1.165, 1.54) is 57.8 Å². The Kier molecular flexibility index (Phi) is 12.6. The van der Waals surface area contributed by atoms with E-state index in [1.54, 1.807) is 0 Å². The summed E-state index contributed by atoms with van der Waals surface area (Å²) in [5.74, 6) is 1.06. The molecular weight excluding hydrogens is 256 g/mol. The molecule has 0 spiro atoms. The summed E-state index contributed by atoms with van der Waals surface area (Å²) in [4.78, 5) is 0.706. The molecule has 0 heterocycles. The first kappa shape index (κ1) is 14.8. The lowest BCUT2D eigenvalue weighted by Gasteiger charge is -2.03. The Labute approximate surface area is 104 Å². The van der Waals surface area contributed by atoms with Gasteiger partial charge in [-0.3, -0.25) is 0 Å². The zero-order valence-electron chi connectivity index (χ0n) is 9.47. The highest BCUT2D eigenvalue weighted by Crippen LogP contribution is 2.13. The van der Waals surface area contributed by atoms with Crippen LogP contribution in [0.25, 0.3) is 0 Å². The monoisotopic (exact) mass is 280 g/mol. The van der Waals surface area contributed by atoms with Gasteiger partial charge in [0.15, 0.2) is 0 Å². The zero-order chi connectivity index (χ0) is 10.6. The van der Waals surface area contributed by atoms with Crippen LogP contribution in [-0.2, 0) is 0 Å². The predicted molar refractivity (Wildman–Crippen MR) is 73.8 cm³/mol. The Morgan fingerprint density at radius 2 is 1.29 bits per heavy atom. The van der Waals surface area contributed by atoms with Gasteiger partial charge in [0, 0.05) is 4.83 Å². The van der Waals surface area contributed by atoms with E-state index >= 15 is 0 Å². The van der Waals surface area contributed by atoms with E-state index in [9.17, 15) is 0 Å². The molecule has 0 amide bonds. The molecule has 1 atom stereocenters. The van der Waals surface area contributed by atoms with Crippen molar-refractivity contribution in [2.24, 2.45) is 0 Å². The van der Waals surface area contributed by atoms with Gasteiger partial charge in [-0.2, -0.15) is 12.6 Å². The van der Waals surface area contributed by atoms with Crippen molar-refractivity contribution in [1.29, 1.82) is 0 Å². The zero-order valence-corrected chi connectivity index (χ0v) is 12.0. The van der Waals surface area contributed by atoms with Gasteiger partial charge in [0.05, 0.1) is 0 Å². The van der Waals surface area contributed by atoms with Gasteiger partial charge < -0.3 is 0 Å². The van der Waals surface area contributed by atoms with E-state index in [1.807, 2.05) is 0 Å². The second-order valence-corrected chi connectivity index (χ2v) is 6.13. The molecule has 0 N–H and O–H groups in total. The molecular formula is C12H25BrS. The molecule has 0 saturated carbocycles. The van der Waals surface area contributed by atoms with Crippen LogP contribution < -0.4 is 0 Å². The second-order valence-electron chi connectivity index (χ2n) is 4.12. The van der Waals surface area contributed by atoms with Crippen LogP contribution in [0.5, 0.6) is 0 Å². The third-order valence-electron chi connectivity index (χ3n) is 2.51. The van der Waals surface area contributed by atoms with Crippen molar-refractivity contribution < 1.29 is 0 Å². The number of hydrogen-bond acceptors (Lipinski definition) is 1. The third-order valence-corrected chi connectivity index (χ3v) is 3.28. The SMILES string of the molecule is CC(Br)CCCCCCCCCCS. The van der Waals surface area contributed by atoms with Crippen LogP contribution in [0.1, 0.15) is 64.7 Å². The smallest absolute Gasteiger partial charge is 0.0117 e. The number of halogens is 1. The number of thiol groups is 1. The molecule has 0 rings (SSSR count). The van der Waals surface area contributed by atoms with Crippen molar-refractivity contribution in [2.45, 2.75) is 69.5 Å². The molecule has 0 saturated heterocycles. The highest BCUT2D eigenvalue weighted by Gasteiger charge is 1.95.